The quantitative estimate of drug-likeness (QED) is 0.702. The Balaban J connectivity index is 0.000000162. The van der Waals surface area contributed by atoms with E-state index in [1.54, 1.807) is 30.3 Å². The minimum atomic E-state index is -1.83. The number of rotatable bonds is 1. The highest BCUT2D eigenvalue weighted by molar-refractivity contribution is 7.79. The molecule has 1 heterocycles. The van der Waals surface area contributed by atoms with Crippen LogP contribution in [-0.4, -0.2) is 35.1 Å². The lowest BCUT2D eigenvalue weighted by atomic mass is 10.4. The fourth-order valence-electron chi connectivity index (χ4n) is 1.05. The summed E-state index contributed by atoms with van der Waals surface area (Å²) in [7, 11) is 0. The van der Waals surface area contributed by atoms with Crippen LogP contribution in [0.25, 0.3) is 0 Å². The molecule has 0 aliphatic carbocycles. The largest absolute Gasteiger partial charge is 0.379 e. The van der Waals surface area contributed by atoms with Gasteiger partial charge in [-0.3, -0.25) is 0 Å². The lowest BCUT2D eigenvalue weighted by molar-refractivity contribution is 0.109. The molecule has 1 atom stereocenters. The summed E-state index contributed by atoms with van der Waals surface area (Å²) >= 11 is -1.83. The van der Waals surface area contributed by atoms with Crippen molar-refractivity contribution in [2.24, 2.45) is 0 Å². The Labute approximate surface area is 91.9 Å². The fraction of sp³-hybridized carbons (Fsp3) is 0.400. The van der Waals surface area contributed by atoms with Crippen LogP contribution in [0.2, 0.25) is 0 Å². The van der Waals surface area contributed by atoms with Crippen molar-refractivity contribution >= 4 is 11.1 Å². The monoisotopic (exact) mass is 229 g/mol. The molecule has 2 rings (SSSR count). The van der Waals surface area contributed by atoms with Crippen molar-refractivity contribution in [3.63, 3.8) is 0 Å². The first-order valence-corrected chi connectivity index (χ1v) is 5.86. The van der Waals surface area contributed by atoms with Gasteiger partial charge in [0.25, 0.3) is 0 Å². The Kier molecular flexibility index (Phi) is 6.18. The molecule has 1 fully saturated rings. The second-order valence-electron chi connectivity index (χ2n) is 2.92. The van der Waals surface area contributed by atoms with Crippen LogP contribution in [0.5, 0.6) is 0 Å². The Morgan fingerprint density at radius 1 is 1.20 bits per heavy atom. The highest BCUT2D eigenvalue weighted by Crippen LogP contribution is 2.00. The second kappa shape index (κ2) is 7.53. The van der Waals surface area contributed by atoms with Crippen LogP contribution in [0.1, 0.15) is 0 Å². The van der Waals surface area contributed by atoms with Gasteiger partial charge in [0.1, 0.15) is 0 Å². The van der Waals surface area contributed by atoms with Gasteiger partial charge in [-0.15, -0.1) is 0 Å². The van der Waals surface area contributed by atoms with Crippen molar-refractivity contribution in [1.82, 2.24) is 5.32 Å². The summed E-state index contributed by atoms with van der Waals surface area (Å²) in [4.78, 5) is 0.442. The molecule has 1 aliphatic heterocycles. The Hall–Kier alpha value is -0.750. The van der Waals surface area contributed by atoms with Crippen molar-refractivity contribution < 1.29 is 13.5 Å². The van der Waals surface area contributed by atoms with E-state index in [1.165, 1.54) is 0 Å². The highest BCUT2D eigenvalue weighted by atomic mass is 32.2. The topological polar surface area (TPSA) is 58.6 Å². The van der Waals surface area contributed by atoms with E-state index in [1.807, 2.05) is 0 Å². The van der Waals surface area contributed by atoms with Crippen LogP contribution in [0.3, 0.4) is 0 Å². The summed E-state index contributed by atoms with van der Waals surface area (Å²) in [5.74, 6) is 0. The van der Waals surface area contributed by atoms with E-state index >= 15 is 0 Å². The predicted molar refractivity (Wildman–Crippen MR) is 59.2 cm³/mol. The van der Waals surface area contributed by atoms with Crippen molar-refractivity contribution in [3.8, 4) is 0 Å². The fourth-order valence-corrected chi connectivity index (χ4v) is 1.44. The predicted octanol–water partition coefficient (Wildman–Crippen LogP) is 0.873. The van der Waals surface area contributed by atoms with Crippen molar-refractivity contribution in [3.05, 3.63) is 30.3 Å². The molecule has 1 saturated heterocycles. The van der Waals surface area contributed by atoms with Gasteiger partial charge in [0, 0.05) is 13.1 Å². The Bertz CT molecular complexity index is 276. The normalized spacial score (nSPS) is 17.4. The van der Waals surface area contributed by atoms with E-state index < -0.39 is 11.1 Å². The summed E-state index contributed by atoms with van der Waals surface area (Å²) in [5.41, 5.74) is 0. The van der Waals surface area contributed by atoms with Gasteiger partial charge in [0.15, 0.2) is 11.1 Å². The lowest BCUT2D eigenvalue weighted by Gasteiger charge is -2.10. The molecule has 0 radical (unpaired) electrons. The van der Waals surface area contributed by atoms with E-state index in [9.17, 15) is 4.21 Å². The minimum absolute atomic E-state index is 0.442. The van der Waals surface area contributed by atoms with Gasteiger partial charge >= 0.3 is 0 Å². The van der Waals surface area contributed by atoms with Crippen LogP contribution in [0.15, 0.2) is 35.2 Å². The maximum absolute atomic E-state index is 10.3. The van der Waals surface area contributed by atoms with E-state index in [2.05, 4.69) is 5.32 Å². The zero-order valence-corrected chi connectivity index (χ0v) is 9.20. The van der Waals surface area contributed by atoms with Gasteiger partial charge in [0.05, 0.1) is 18.1 Å². The van der Waals surface area contributed by atoms with Gasteiger partial charge in [-0.2, -0.15) is 0 Å². The third-order valence-corrected chi connectivity index (χ3v) is 2.47. The molecule has 0 bridgehead atoms. The van der Waals surface area contributed by atoms with Crippen LogP contribution in [0, 0.1) is 0 Å². The van der Waals surface area contributed by atoms with E-state index in [0.29, 0.717) is 4.90 Å². The maximum Gasteiger partial charge on any atom is 0.186 e. The molecule has 0 aromatic heterocycles. The number of ether oxygens (including phenoxy) is 1. The molecule has 2 N–H and O–H groups in total. The van der Waals surface area contributed by atoms with Crippen molar-refractivity contribution in [2.45, 2.75) is 4.90 Å². The van der Waals surface area contributed by atoms with E-state index in [0.717, 1.165) is 26.3 Å². The van der Waals surface area contributed by atoms with E-state index in [-0.39, 0.29) is 0 Å². The summed E-state index contributed by atoms with van der Waals surface area (Å²) in [6.07, 6.45) is 0. The molecule has 0 spiro atoms. The zero-order chi connectivity index (χ0) is 10.9. The molecule has 1 aromatic rings. The molecule has 1 aromatic carbocycles. The van der Waals surface area contributed by atoms with Gasteiger partial charge in [-0.05, 0) is 12.1 Å². The average Bonchev–Trinajstić information content (AvgIpc) is 2.33. The maximum atomic E-state index is 10.3. The first kappa shape index (κ1) is 12.3. The third kappa shape index (κ3) is 5.64. The van der Waals surface area contributed by atoms with Gasteiger partial charge < -0.3 is 14.6 Å². The first-order valence-electron chi connectivity index (χ1n) is 4.75. The van der Waals surface area contributed by atoms with E-state index in [4.69, 9.17) is 9.29 Å². The first-order chi connectivity index (χ1) is 7.30. The van der Waals surface area contributed by atoms with Crippen LogP contribution >= 0.6 is 0 Å². The van der Waals surface area contributed by atoms with Crippen LogP contribution in [-0.2, 0) is 15.8 Å². The minimum Gasteiger partial charge on any atom is -0.379 e. The molecule has 0 amide bonds. The van der Waals surface area contributed by atoms with Gasteiger partial charge in [-0.25, -0.2) is 4.21 Å². The molecule has 0 saturated carbocycles. The Morgan fingerprint density at radius 2 is 1.80 bits per heavy atom. The second-order valence-corrected chi connectivity index (χ2v) is 3.89. The number of hydrogen-bond donors (Lipinski definition) is 2. The van der Waals surface area contributed by atoms with Gasteiger partial charge in [-0.1, -0.05) is 18.2 Å². The summed E-state index contributed by atoms with van der Waals surface area (Å²) < 4.78 is 23.8. The molecule has 1 aliphatic rings. The molecular formula is C10H15NO3S. The summed E-state index contributed by atoms with van der Waals surface area (Å²) in [6, 6.07) is 8.47. The number of hydrogen-bond acceptors (Lipinski definition) is 3. The van der Waals surface area contributed by atoms with Crippen LogP contribution < -0.4 is 5.32 Å². The molecule has 5 heteroatoms. The molecule has 84 valence electrons. The molecule has 4 nitrogen and oxygen atoms in total. The Morgan fingerprint density at radius 3 is 2.07 bits per heavy atom. The molecule has 1 unspecified atom stereocenters. The highest BCUT2D eigenvalue weighted by Gasteiger charge is 1.93. The molecular weight excluding hydrogens is 214 g/mol. The number of benzene rings is 1. The standard InChI is InChI=1S/C6H6O2S.C4H9NO/c7-9(8)6-4-2-1-3-5-6;1-3-6-4-2-5-1/h1-5H,(H,7,8);5H,1-4H2. The van der Waals surface area contributed by atoms with Crippen molar-refractivity contribution in [2.75, 3.05) is 26.3 Å². The van der Waals surface area contributed by atoms with Gasteiger partial charge in [0.2, 0.25) is 0 Å². The average molecular weight is 229 g/mol. The van der Waals surface area contributed by atoms with Crippen molar-refractivity contribution in [1.29, 1.82) is 0 Å². The lowest BCUT2D eigenvalue weighted by Crippen LogP contribution is -2.30. The number of morpholine rings is 1. The number of nitrogens with one attached hydrogen (secondary N) is 1. The summed E-state index contributed by atoms with van der Waals surface area (Å²) in [5, 5.41) is 3.16. The molecule has 15 heavy (non-hydrogen) atoms. The smallest absolute Gasteiger partial charge is 0.186 e. The summed E-state index contributed by atoms with van der Waals surface area (Å²) in [6.45, 7) is 3.83. The third-order valence-electron chi connectivity index (χ3n) is 1.79. The SMILES string of the molecule is C1COCCN1.O=S(O)c1ccccc1. The zero-order valence-electron chi connectivity index (χ0n) is 8.39. The van der Waals surface area contributed by atoms with Crippen LogP contribution in [0.4, 0.5) is 0 Å².